The van der Waals surface area contributed by atoms with Crippen LogP contribution in [0.15, 0.2) is 40.8 Å². The summed E-state index contributed by atoms with van der Waals surface area (Å²) < 4.78 is 6.10. The van der Waals surface area contributed by atoms with Crippen molar-refractivity contribution in [3.63, 3.8) is 0 Å². The van der Waals surface area contributed by atoms with Crippen LogP contribution in [0, 0.1) is 17.8 Å². The fourth-order valence-electron chi connectivity index (χ4n) is 5.97. The molecule has 2 fully saturated rings. The number of nitrogens with zero attached hydrogens (tertiary/aromatic N) is 2. The van der Waals surface area contributed by atoms with Crippen molar-refractivity contribution in [1.29, 1.82) is 0 Å². The second-order valence-corrected chi connectivity index (χ2v) is 11.4. The Kier molecular flexibility index (Phi) is 5.80. The predicted octanol–water partition coefficient (Wildman–Crippen LogP) is 6.04. The van der Waals surface area contributed by atoms with Gasteiger partial charge in [-0.3, -0.25) is 9.69 Å². The number of fused-ring (bicyclic) bond motifs is 2. The molecule has 4 rings (SSSR count). The van der Waals surface area contributed by atoms with Crippen molar-refractivity contribution in [2.24, 2.45) is 10.8 Å². The zero-order valence-electron chi connectivity index (χ0n) is 20.1. The maximum Gasteiger partial charge on any atom is 0.289 e. The third kappa shape index (κ3) is 4.90. The molecule has 1 amide bonds. The van der Waals surface area contributed by atoms with Crippen LogP contribution >= 0.6 is 0 Å². The number of likely N-dealkylation sites (tertiary alicyclic amines) is 1. The fourth-order valence-corrected chi connectivity index (χ4v) is 5.97. The van der Waals surface area contributed by atoms with Gasteiger partial charge in [-0.05, 0) is 68.6 Å². The zero-order chi connectivity index (χ0) is 22.4. The Morgan fingerprint density at radius 3 is 2.48 bits per heavy atom. The monoisotopic (exact) mass is 422 g/mol. The number of carbonyl (C=O) groups is 1. The van der Waals surface area contributed by atoms with Crippen LogP contribution in [0.4, 0.5) is 0 Å². The number of hydrogen-bond donors (Lipinski definition) is 0. The molecule has 0 radical (unpaired) electrons. The lowest BCUT2D eigenvalue weighted by molar-refractivity contribution is 0.0671. The number of benzene rings is 1. The molecule has 0 spiro atoms. The van der Waals surface area contributed by atoms with E-state index in [1.54, 1.807) is 0 Å². The summed E-state index contributed by atoms with van der Waals surface area (Å²) in [5.74, 6) is 1.41. The average molecular weight is 423 g/mol. The molecule has 2 aromatic rings. The number of aryl methyl sites for hydroxylation is 1. The van der Waals surface area contributed by atoms with E-state index in [1.165, 1.54) is 17.5 Å². The van der Waals surface area contributed by atoms with Crippen LogP contribution in [-0.4, -0.2) is 34.3 Å². The van der Waals surface area contributed by atoms with Gasteiger partial charge in [0.2, 0.25) is 0 Å². The van der Waals surface area contributed by atoms with Crippen LogP contribution in [0.3, 0.4) is 0 Å². The number of hydrogen-bond acceptors (Lipinski definition) is 3. The molecule has 2 bridgehead atoms. The van der Waals surface area contributed by atoms with Gasteiger partial charge in [-0.1, -0.05) is 50.6 Å². The first kappa shape index (κ1) is 22.1. The summed E-state index contributed by atoms with van der Waals surface area (Å²) in [5.41, 5.74) is 3.11. The standard InChI is InChI=1S/C27H38N2O2/c1-19(2)28(15-21-9-7-20(3)8-10-21)16-23-11-12-24(31-23)25(30)29-18-27(6)14-22(29)13-26(4,5)17-27/h7-12,19,22H,13-18H2,1-6H3. The highest BCUT2D eigenvalue weighted by atomic mass is 16.4. The molecule has 2 unspecified atom stereocenters. The molecule has 1 saturated heterocycles. The first-order chi connectivity index (χ1) is 14.5. The summed E-state index contributed by atoms with van der Waals surface area (Å²) in [6.45, 7) is 16.0. The van der Waals surface area contributed by atoms with E-state index in [-0.39, 0.29) is 11.3 Å². The Balaban J connectivity index is 1.45. The molecule has 1 aromatic carbocycles. The number of rotatable bonds is 6. The molecule has 2 heterocycles. The third-order valence-corrected chi connectivity index (χ3v) is 7.14. The Hall–Kier alpha value is -2.07. The van der Waals surface area contributed by atoms with E-state index < -0.39 is 0 Å². The number of carbonyl (C=O) groups excluding carboxylic acids is 1. The number of amides is 1. The third-order valence-electron chi connectivity index (χ3n) is 7.14. The molecule has 4 nitrogen and oxygen atoms in total. The molecule has 1 aromatic heterocycles. The minimum absolute atomic E-state index is 0.0623. The van der Waals surface area contributed by atoms with Gasteiger partial charge in [0.15, 0.2) is 5.76 Å². The Labute approximate surface area is 187 Å². The summed E-state index contributed by atoms with van der Waals surface area (Å²) in [5, 5.41) is 0. The quantitative estimate of drug-likeness (QED) is 0.569. The van der Waals surface area contributed by atoms with Gasteiger partial charge in [0.25, 0.3) is 5.91 Å². The van der Waals surface area contributed by atoms with E-state index in [0.29, 0.717) is 29.8 Å². The van der Waals surface area contributed by atoms with Gasteiger partial charge in [-0.15, -0.1) is 0 Å². The molecule has 1 aliphatic heterocycles. The maximum atomic E-state index is 13.3. The van der Waals surface area contributed by atoms with Gasteiger partial charge in [0.05, 0.1) is 6.54 Å². The summed E-state index contributed by atoms with van der Waals surface area (Å²) in [7, 11) is 0. The highest BCUT2D eigenvalue weighted by molar-refractivity contribution is 5.92. The lowest BCUT2D eigenvalue weighted by atomic mass is 9.65. The van der Waals surface area contributed by atoms with Crippen molar-refractivity contribution >= 4 is 5.91 Å². The van der Waals surface area contributed by atoms with Gasteiger partial charge in [0.1, 0.15) is 5.76 Å². The van der Waals surface area contributed by atoms with Crippen LogP contribution in [0.1, 0.15) is 81.3 Å². The van der Waals surface area contributed by atoms with Crippen LogP contribution in [-0.2, 0) is 13.1 Å². The highest BCUT2D eigenvalue weighted by Crippen LogP contribution is 2.52. The van der Waals surface area contributed by atoms with Crippen molar-refractivity contribution < 1.29 is 9.21 Å². The van der Waals surface area contributed by atoms with Crippen LogP contribution in [0.25, 0.3) is 0 Å². The van der Waals surface area contributed by atoms with Crippen LogP contribution in [0.5, 0.6) is 0 Å². The van der Waals surface area contributed by atoms with E-state index in [4.69, 9.17) is 4.42 Å². The Morgan fingerprint density at radius 1 is 1.10 bits per heavy atom. The fraction of sp³-hybridized carbons (Fsp3) is 0.593. The van der Waals surface area contributed by atoms with E-state index in [0.717, 1.165) is 31.7 Å². The molecule has 31 heavy (non-hydrogen) atoms. The summed E-state index contributed by atoms with van der Waals surface area (Å²) in [6.07, 6.45) is 3.39. The van der Waals surface area contributed by atoms with Gasteiger partial charge < -0.3 is 9.32 Å². The van der Waals surface area contributed by atoms with Gasteiger partial charge in [-0.2, -0.15) is 0 Å². The first-order valence-corrected chi connectivity index (χ1v) is 11.7. The topological polar surface area (TPSA) is 36.7 Å². The Morgan fingerprint density at radius 2 is 1.81 bits per heavy atom. The first-order valence-electron chi connectivity index (χ1n) is 11.7. The summed E-state index contributed by atoms with van der Waals surface area (Å²) in [4.78, 5) is 17.8. The second kappa shape index (κ2) is 8.12. The molecule has 168 valence electrons. The highest BCUT2D eigenvalue weighted by Gasteiger charge is 2.51. The average Bonchev–Trinajstić information content (AvgIpc) is 3.23. The number of furan rings is 1. The molecule has 0 N–H and O–H groups in total. The van der Waals surface area contributed by atoms with E-state index in [1.807, 2.05) is 12.1 Å². The molecule has 1 aliphatic carbocycles. The van der Waals surface area contributed by atoms with Crippen molar-refractivity contribution in [3.05, 3.63) is 59.0 Å². The summed E-state index contributed by atoms with van der Waals surface area (Å²) in [6, 6.07) is 13.3. The summed E-state index contributed by atoms with van der Waals surface area (Å²) >= 11 is 0. The second-order valence-electron chi connectivity index (χ2n) is 11.4. The maximum absolute atomic E-state index is 13.3. The minimum atomic E-state index is 0.0623. The molecule has 1 saturated carbocycles. The molecular formula is C27H38N2O2. The van der Waals surface area contributed by atoms with Crippen molar-refractivity contribution in [2.75, 3.05) is 6.54 Å². The van der Waals surface area contributed by atoms with Crippen molar-refractivity contribution in [1.82, 2.24) is 9.80 Å². The smallest absolute Gasteiger partial charge is 0.289 e. The van der Waals surface area contributed by atoms with Gasteiger partial charge in [0, 0.05) is 25.2 Å². The zero-order valence-corrected chi connectivity index (χ0v) is 20.1. The van der Waals surface area contributed by atoms with Gasteiger partial charge >= 0.3 is 0 Å². The lowest BCUT2D eigenvalue weighted by Gasteiger charge is -2.39. The van der Waals surface area contributed by atoms with Gasteiger partial charge in [-0.25, -0.2) is 0 Å². The van der Waals surface area contributed by atoms with E-state index in [2.05, 4.69) is 75.6 Å². The SMILES string of the molecule is Cc1ccc(CN(Cc2ccc(C(=O)N3CC4(C)CC3CC(C)(C)C4)o2)C(C)C)cc1. The molecule has 2 aliphatic rings. The van der Waals surface area contributed by atoms with Crippen LogP contribution < -0.4 is 0 Å². The molecule has 4 heteroatoms. The molecule has 2 atom stereocenters. The van der Waals surface area contributed by atoms with E-state index >= 15 is 0 Å². The van der Waals surface area contributed by atoms with Crippen LogP contribution in [0.2, 0.25) is 0 Å². The molecular weight excluding hydrogens is 384 g/mol. The largest absolute Gasteiger partial charge is 0.455 e. The van der Waals surface area contributed by atoms with Crippen molar-refractivity contribution in [3.8, 4) is 0 Å². The lowest BCUT2D eigenvalue weighted by Crippen LogP contribution is -2.37. The van der Waals surface area contributed by atoms with Crippen molar-refractivity contribution in [2.45, 2.75) is 86.0 Å². The normalized spacial score (nSPS) is 24.9. The Bertz CT molecular complexity index is 927. The minimum Gasteiger partial charge on any atom is -0.455 e. The predicted molar refractivity (Wildman–Crippen MR) is 125 cm³/mol. The van der Waals surface area contributed by atoms with E-state index in [9.17, 15) is 4.79 Å².